The number of nitrogens with one attached hydrogen (secondary N) is 1. The number of carboxylic acids is 1. The quantitative estimate of drug-likeness (QED) is 0.833. The van der Waals surface area contributed by atoms with Gasteiger partial charge in [0.25, 0.3) is 0 Å². The van der Waals surface area contributed by atoms with E-state index in [9.17, 15) is 17.6 Å². The van der Waals surface area contributed by atoms with Gasteiger partial charge in [-0.15, -0.1) is 0 Å². The summed E-state index contributed by atoms with van der Waals surface area (Å²) in [6, 6.07) is 3.51. The van der Waals surface area contributed by atoms with Crippen molar-refractivity contribution >= 4 is 16.0 Å². The third-order valence-corrected chi connectivity index (χ3v) is 4.89. The highest BCUT2D eigenvalue weighted by Gasteiger charge is 2.35. The van der Waals surface area contributed by atoms with Gasteiger partial charge in [0.2, 0.25) is 10.0 Å². The van der Waals surface area contributed by atoms with Crippen molar-refractivity contribution in [3.05, 3.63) is 35.6 Å². The highest BCUT2D eigenvalue weighted by molar-refractivity contribution is 7.90. The smallest absolute Gasteiger partial charge is 0.326 e. The number of halogens is 1. The first kappa shape index (κ1) is 14.9. The van der Waals surface area contributed by atoms with Crippen molar-refractivity contribution in [3.63, 3.8) is 0 Å². The fourth-order valence-electron chi connectivity index (χ4n) is 1.97. The molecule has 0 aliphatic carbocycles. The Morgan fingerprint density at radius 1 is 1.45 bits per heavy atom. The first-order valence-corrected chi connectivity index (χ1v) is 7.52. The van der Waals surface area contributed by atoms with Gasteiger partial charge in [0.1, 0.15) is 17.1 Å². The van der Waals surface area contributed by atoms with E-state index in [1.807, 2.05) is 4.72 Å². The Hall–Kier alpha value is -1.51. The molecule has 110 valence electrons. The lowest BCUT2D eigenvalue weighted by Gasteiger charge is -2.18. The van der Waals surface area contributed by atoms with Crippen LogP contribution in [-0.2, 0) is 19.6 Å². The van der Waals surface area contributed by atoms with Crippen LogP contribution >= 0.6 is 0 Å². The van der Waals surface area contributed by atoms with E-state index < -0.39 is 33.1 Å². The zero-order valence-electron chi connectivity index (χ0n) is 10.5. The molecule has 0 bridgehead atoms. The molecule has 0 spiro atoms. The zero-order valence-corrected chi connectivity index (χ0v) is 11.3. The number of benzene rings is 1. The van der Waals surface area contributed by atoms with Gasteiger partial charge in [-0.25, -0.2) is 12.8 Å². The third-order valence-electron chi connectivity index (χ3n) is 3.07. The van der Waals surface area contributed by atoms with Gasteiger partial charge < -0.3 is 9.84 Å². The van der Waals surface area contributed by atoms with Crippen LogP contribution in [0.4, 0.5) is 4.39 Å². The Labute approximate surface area is 115 Å². The second-order valence-electron chi connectivity index (χ2n) is 4.44. The second-order valence-corrected chi connectivity index (χ2v) is 6.43. The number of sulfonamides is 1. The normalized spacial score (nSPS) is 20.8. The van der Waals surface area contributed by atoms with E-state index in [0.29, 0.717) is 13.0 Å². The summed E-state index contributed by atoms with van der Waals surface area (Å²) in [4.78, 5) is 11.2. The lowest BCUT2D eigenvalue weighted by Crippen LogP contribution is -2.40. The van der Waals surface area contributed by atoms with Crippen LogP contribution in [0.3, 0.4) is 0 Å². The first-order chi connectivity index (χ1) is 9.42. The number of carboxylic acid groups (broad SMARTS) is 1. The predicted molar refractivity (Wildman–Crippen MR) is 68.1 cm³/mol. The molecule has 1 aliphatic heterocycles. The van der Waals surface area contributed by atoms with E-state index in [0.717, 1.165) is 6.07 Å². The minimum absolute atomic E-state index is 0.0128. The molecule has 1 fully saturated rings. The van der Waals surface area contributed by atoms with Crippen LogP contribution in [0.5, 0.6) is 0 Å². The van der Waals surface area contributed by atoms with E-state index in [-0.39, 0.29) is 12.2 Å². The maximum Gasteiger partial charge on any atom is 0.326 e. The number of rotatable bonds is 5. The van der Waals surface area contributed by atoms with Crippen molar-refractivity contribution in [3.8, 4) is 0 Å². The van der Waals surface area contributed by atoms with Crippen LogP contribution in [0.2, 0.25) is 0 Å². The maximum atomic E-state index is 13.6. The number of ether oxygens (including phenoxy) is 1. The van der Waals surface area contributed by atoms with Gasteiger partial charge in [0.05, 0.1) is 6.61 Å². The Balaban J connectivity index is 2.27. The Morgan fingerprint density at radius 2 is 2.15 bits per heavy atom. The molecular formula is C12H14FNO5S. The molecule has 1 aromatic rings. The van der Waals surface area contributed by atoms with E-state index in [2.05, 4.69) is 0 Å². The molecule has 1 saturated heterocycles. The summed E-state index contributed by atoms with van der Waals surface area (Å²) in [5, 5.41) is 8.32. The van der Waals surface area contributed by atoms with Crippen molar-refractivity contribution in [1.29, 1.82) is 0 Å². The highest BCUT2D eigenvalue weighted by atomic mass is 32.2. The molecule has 1 aliphatic rings. The molecule has 8 heteroatoms. The molecule has 0 aromatic heterocycles. The van der Waals surface area contributed by atoms with Crippen LogP contribution < -0.4 is 4.72 Å². The summed E-state index contributed by atoms with van der Waals surface area (Å²) in [6.07, 6.45) is 0.291. The SMILES string of the molecule is O=C(O)C(NS(=O)(=O)C1CCOC1)c1ccccc1F. The molecular weight excluding hydrogens is 289 g/mol. The molecule has 2 N–H and O–H groups in total. The summed E-state index contributed by atoms with van der Waals surface area (Å²) < 4.78 is 44.8. The third kappa shape index (κ3) is 3.14. The minimum Gasteiger partial charge on any atom is -0.480 e. The molecule has 0 amide bonds. The van der Waals surface area contributed by atoms with Gasteiger partial charge in [-0.05, 0) is 12.5 Å². The number of carbonyl (C=O) groups is 1. The fourth-order valence-corrected chi connectivity index (χ4v) is 3.40. The number of hydrogen-bond donors (Lipinski definition) is 2. The molecule has 20 heavy (non-hydrogen) atoms. The average Bonchev–Trinajstić information content (AvgIpc) is 2.91. The number of aliphatic carboxylic acids is 1. The molecule has 0 saturated carbocycles. The van der Waals surface area contributed by atoms with Crippen molar-refractivity contribution in [2.75, 3.05) is 13.2 Å². The fraction of sp³-hybridized carbons (Fsp3) is 0.417. The van der Waals surface area contributed by atoms with Crippen molar-refractivity contribution < 1.29 is 27.4 Å². The van der Waals surface area contributed by atoms with Crippen molar-refractivity contribution in [1.82, 2.24) is 4.72 Å². The predicted octanol–water partition coefficient (Wildman–Crippen LogP) is 0.660. The van der Waals surface area contributed by atoms with Crippen LogP contribution in [0.1, 0.15) is 18.0 Å². The maximum absolute atomic E-state index is 13.6. The summed E-state index contributed by atoms with van der Waals surface area (Å²) in [6.45, 7) is 0.321. The van der Waals surface area contributed by atoms with Gasteiger partial charge >= 0.3 is 5.97 Å². The van der Waals surface area contributed by atoms with Crippen LogP contribution in [0.15, 0.2) is 24.3 Å². The van der Waals surface area contributed by atoms with E-state index >= 15 is 0 Å². The van der Waals surface area contributed by atoms with Crippen LogP contribution in [0, 0.1) is 5.82 Å². The van der Waals surface area contributed by atoms with Crippen LogP contribution in [0.25, 0.3) is 0 Å². The lowest BCUT2D eigenvalue weighted by atomic mass is 10.1. The second kappa shape index (κ2) is 5.86. The molecule has 0 radical (unpaired) electrons. The molecule has 1 aromatic carbocycles. The minimum atomic E-state index is -3.89. The van der Waals surface area contributed by atoms with Gasteiger partial charge in [-0.2, -0.15) is 4.72 Å². The van der Waals surface area contributed by atoms with Crippen LogP contribution in [-0.4, -0.2) is 38.0 Å². The zero-order chi connectivity index (χ0) is 14.8. The average molecular weight is 303 g/mol. The van der Waals surface area contributed by atoms with E-state index in [4.69, 9.17) is 9.84 Å². The monoisotopic (exact) mass is 303 g/mol. The topological polar surface area (TPSA) is 92.7 Å². The van der Waals surface area contributed by atoms with Gasteiger partial charge in [-0.1, -0.05) is 18.2 Å². The Kier molecular flexibility index (Phi) is 4.36. The van der Waals surface area contributed by atoms with E-state index in [1.54, 1.807) is 0 Å². The standard InChI is InChI=1S/C12H14FNO5S/c13-10-4-2-1-3-9(10)11(12(15)16)14-20(17,18)8-5-6-19-7-8/h1-4,8,11,14H,5-7H2,(H,15,16). The molecule has 2 unspecified atom stereocenters. The summed E-state index contributed by atoms with van der Waals surface area (Å²) in [7, 11) is -3.89. The number of hydrogen-bond acceptors (Lipinski definition) is 4. The van der Waals surface area contributed by atoms with Gasteiger partial charge in [-0.3, -0.25) is 4.79 Å². The molecule has 2 atom stereocenters. The Morgan fingerprint density at radius 3 is 2.70 bits per heavy atom. The Bertz CT molecular complexity index is 598. The largest absolute Gasteiger partial charge is 0.480 e. The highest BCUT2D eigenvalue weighted by Crippen LogP contribution is 2.21. The molecule has 6 nitrogen and oxygen atoms in total. The molecule has 2 rings (SSSR count). The lowest BCUT2D eigenvalue weighted by molar-refractivity contribution is -0.139. The van der Waals surface area contributed by atoms with Crippen molar-refractivity contribution in [2.45, 2.75) is 17.7 Å². The van der Waals surface area contributed by atoms with Gasteiger partial charge in [0.15, 0.2) is 0 Å². The van der Waals surface area contributed by atoms with E-state index in [1.165, 1.54) is 18.2 Å². The summed E-state index contributed by atoms with van der Waals surface area (Å²) in [5.74, 6) is -2.23. The summed E-state index contributed by atoms with van der Waals surface area (Å²) in [5.41, 5.74) is -0.220. The first-order valence-electron chi connectivity index (χ1n) is 5.98. The molecule has 1 heterocycles. The van der Waals surface area contributed by atoms with Crippen molar-refractivity contribution in [2.24, 2.45) is 0 Å². The van der Waals surface area contributed by atoms with Gasteiger partial charge in [0, 0.05) is 12.2 Å². The summed E-state index contributed by atoms with van der Waals surface area (Å²) >= 11 is 0.